The van der Waals surface area contributed by atoms with E-state index in [-0.39, 0.29) is 5.91 Å². The number of fused-ring (bicyclic) bond motifs is 1. The lowest BCUT2D eigenvalue weighted by molar-refractivity contribution is -0.121. The molecule has 0 aromatic heterocycles. The number of hydrogen-bond acceptors (Lipinski definition) is 5. The number of esters is 1. The van der Waals surface area contributed by atoms with Crippen molar-refractivity contribution in [3.05, 3.63) is 29.3 Å². The summed E-state index contributed by atoms with van der Waals surface area (Å²) in [4.78, 5) is 23.9. The smallest absolute Gasteiger partial charge is 0.534 e. The van der Waals surface area contributed by atoms with E-state index in [1.807, 2.05) is 6.07 Å². The molecule has 0 fully saturated rings. The van der Waals surface area contributed by atoms with Gasteiger partial charge in [0, 0.05) is 6.42 Å². The van der Waals surface area contributed by atoms with Gasteiger partial charge < -0.3 is 19.7 Å². The van der Waals surface area contributed by atoms with Gasteiger partial charge in [-0.25, -0.2) is 4.79 Å². The largest absolute Gasteiger partial charge is 0.547 e. The fourth-order valence-corrected chi connectivity index (χ4v) is 2.79. The van der Waals surface area contributed by atoms with Gasteiger partial charge in [0.1, 0.15) is 11.3 Å². The first-order valence-electron chi connectivity index (χ1n) is 8.99. The van der Waals surface area contributed by atoms with Crippen LogP contribution in [-0.4, -0.2) is 36.6 Å². The van der Waals surface area contributed by atoms with Gasteiger partial charge in [-0.1, -0.05) is 45.2 Å². The van der Waals surface area contributed by atoms with E-state index in [0.29, 0.717) is 30.8 Å². The number of carbonyl (C=O) groups excluding carboxylic acids is 2. The van der Waals surface area contributed by atoms with Crippen LogP contribution in [0.15, 0.2) is 18.2 Å². The van der Waals surface area contributed by atoms with Crippen LogP contribution in [0.5, 0.6) is 5.75 Å². The maximum absolute atomic E-state index is 12.3. The molecule has 1 amide bonds. The number of para-hydroxylation sites is 1. The van der Waals surface area contributed by atoms with Crippen molar-refractivity contribution < 1.29 is 24.0 Å². The average molecular weight is 347 g/mol. The first kappa shape index (κ1) is 19.3. The fraction of sp³-hybridized carbons (Fsp3) is 0.556. The van der Waals surface area contributed by atoms with E-state index in [1.54, 1.807) is 19.1 Å². The Morgan fingerprint density at radius 3 is 2.84 bits per heavy atom. The Balaban J connectivity index is 2.03. The monoisotopic (exact) mass is 347 g/mol. The van der Waals surface area contributed by atoms with E-state index in [9.17, 15) is 14.6 Å². The highest BCUT2D eigenvalue weighted by Gasteiger charge is 2.37. The lowest BCUT2D eigenvalue weighted by atomic mass is 9.72. The Morgan fingerprint density at radius 2 is 2.12 bits per heavy atom. The van der Waals surface area contributed by atoms with Gasteiger partial charge >= 0.3 is 13.1 Å². The van der Waals surface area contributed by atoms with E-state index >= 15 is 0 Å². The summed E-state index contributed by atoms with van der Waals surface area (Å²) >= 11 is 0. The predicted molar refractivity (Wildman–Crippen MR) is 95.4 cm³/mol. The van der Waals surface area contributed by atoms with Gasteiger partial charge in [0.15, 0.2) is 0 Å². The fourth-order valence-electron chi connectivity index (χ4n) is 2.79. The minimum atomic E-state index is -1.19. The average Bonchev–Trinajstić information content (AvgIpc) is 2.61. The van der Waals surface area contributed by atoms with Crippen molar-refractivity contribution in [1.82, 2.24) is 5.32 Å². The molecule has 0 saturated carbocycles. The molecule has 1 aliphatic heterocycles. The van der Waals surface area contributed by atoms with Crippen LogP contribution in [0.3, 0.4) is 0 Å². The van der Waals surface area contributed by atoms with Crippen LogP contribution in [0.2, 0.25) is 0 Å². The second-order valence-electron chi connectivity index (χ2n) is 6.23. The standard InChI is InChI=1S/C18H26BNO5/c1-3-5-6-7-11-24-18(22)14-10-8-9-13-12-15(20-16(21)4-2)19(23)25-17(13)14/h8-10,15,23H,3-7,11-12H2,1-2H3,(H,20,21). The lowest BCUT2D eigenvalue weighted by Crippen LogP contribution is -2.53. The topological polar surface area (TPSA) is 84.9 Å². The van der Waals surface area contributed by atoms with E-state index < -0.39 is 19.0 Å². The second kappa shape index (κ2) is 9.46. The molecular formula is C18H26BNO5. The Morgan fingerprint density at radius 1 is 1.32 bits per heavy atom. The van der Waals surface area contributed by atoms with Gasteiger partial charge in [0.05, 0.1) is 12.5 Å². The zero-order valence-corrected chi connectivity index (χ0v) is 14.9. The molecule has 25 heavy (non-hydrogen) atoms. The number of hydrogen-bond donors (Lipinski definition) is 2. The molecule has 2 rings (SSSR count). The molecule has 0 radical (unpaired) electrons. The molecule has 7 heteroatoms. The third-order valence-corrected chi connectivity index (χ3v) is 4.24. The predicted octanol–water partition coefficient (Wildman–Crippen LogP) is 2.27. The van der Waals surface area contributed by atoms with Crippen LogP contribution < -0.4 is 9.97 Å². The lowest BCUT2D eigenvalue weighted by Gasteiger charge is -2.29. The quantitative estimate of drug-likeness (QED) is 0.428. The van der Waals surface area contributed by atoms with E-state index in [0.717, 1.165) is 31.2 Å². The van der Waals surface area contributed by atoms with Gasteiger partial charge in [-0.15, -0.1) is 0 Å². The van der Waals surface area contributed by atoms with Crippen molar-refractivity contribution in [2.45, 2.75) is 58.3 Å². The minimum Gasteiger partial charge on any atom is -0.534 e. The molecule has 0 spiro atoms. The Hall–Kier alpha value is -2.02. The number of carbonyl (C=O) groups is 2. The normalized spacial score (nSPS) is 16.0. The first-order chi connectivity index (χ1) is 12.1. The van der Waals surface area contributed by atoms with Crippen molar-refractivity contribution in [2.75, 3.05) is 6.61 Å². The molecule has 136 valence electrons. The minimum absolute atomic E-state index is 0.154. The van der Waals surface area contributed by atoms with Crippen LogP contribution in [-0.2, 0) is 16.0 Å². The summed E-state index contributed by atoms with van der Waals surface area (Å²) < 4.78 is 10.8. The summed E-state index contributed by atoms with van der Waals surface area (Å²) in [7, 11) is -1.19. The van der Waals surface area contributed by atoms with E-state index in [4.69, 9.17) is 9.39 Å². The molecular weight excluding hydrogens is 321 g/mol. The zero-order valence-electron chi connectivity index (χ0n) is 14.9. The second-order valence-corrected chi connectivity index (χ2v) is 6.23. The van der Waals surface area contributed by atoms with Crippen molar-refractivity contribution >= 4 is 19.0 Å². The summed E-state index contributed by atoms with van der Waals surface area (Å²) in [5, 5.41) is 12.9. The molecule has 1 unspecified atom stereocenters. The van der Waals surface area contributed by atoms with Gasteiger partial charge in [0.2, 0.25) is 5.91 Å². The molecule has 1 heterocycles. The number of benzene rings is 1. The molecule has 2 N–H and O–H groups in total. The third-order valence-electron chi connectivity index (χ3n) is 4.24. The van der Waals surface area contributed by atoms with Gasteiger partial charge in [-0.3, -0.25) is 4.79 Å². The molecule has 0 saturated heterocycles. The Bertz CT molecular complexity index is 607. The van der Waals surface area contributed by atoms with Gasteiger partial charge in [0.25, 0.3) is 0 Å². The Labute approximate surface area is 149 Å². The van der Waals surface area contributed by atoms with Crippen molar-refractivity contribution in [1.29, 1.82) is 0 Å². The first-order valence-corrected chi connectivity index (χ1v) is 8.99. The number of amides is 1. The van der Waals surface area contributed by atoms with E-state index in [1.165, 1.54) is 0 Å². The molecule has 1 aromatic rings. The molecule has 1 aromatic carbocycles. The summed E-state index contributed by atoms with van der Waals surface area (Å²) in [6.45, 7) is 4.25. The van der Waals surface area contributed by atoms with E-state index in [2.05, 4.69) is 12.2 Å². The molecule has 0 aliphatic carbocycles. The third kappa shape index (κ3) is 5.23. The highest BCUT2D eigenvalue weighted by molar-refractivity contribution is 6.47. The van der Waals surface area contributed by atoms with Crippen LogP contribution in [0, 0.1) is 0 Å². The van der Waals surface area contributed by atoms with Crippen molar-refractivity contribution in [3.63, 3.8) is 0 Å². The van der Waals surface area contributed by atoms with Crippen molar-refractivity contribution in [3.8, 4) is 5.75 Å². The number of rotatable bonds is 8. The van der Waals surface area contributed by atoms with Gasteiger partial charge in [-0.05, 0) is 24.5 Å². The number of nitrogens with one attached hydrogen (secondary N) is 1. The number of ether oxygens (including phenoxy) is 1. The van der Waals surface area contributed by atoms with Crippen LogP contribution in [0.4, 0.5) is 0 Å². The summed E-state index contributed by atoms with van der Waals surface area (Å²) in [6, 6.07) is 5.21. The van der Waals surface area contributed by atoms with Crippen LogP contribution in [0.1, 0.15) is 61.9 Å². The number of unbranched alkanes of at least 4 members (excludes halogenated alkanes) is 3. The van der Waals surface area contributed by atoms with Crippen LogP contribution in [0.25, 0.3) is 0 Å². The highest BCUT2D eigenvalue weighted by Crippen LogP contribution is 2.30. The molecule has 6 nitrogen and oxygen atoms in total. The molecule has 1 atom stereocenters. The maximum atomic E-state index is 12.3. The van der Waals surface area contributed by atoms with Crippen LogP contribution >= 0.6 is 0 Å². The highest BCUT2D eigenvalue weighted by atomic mass is 16.5. The summed E-state index contributed by atoms with van der Waals surface area (Å²) in [5.74, 6) is -0.786. The zero-order chi connectivity index (χ0) is 18.2. The van der Waals surface area contributed by atoms with Crippen molar-refractivity contribution in [2.24, 2.45) is 0 Å². The summed E-state index contributed by atoms with van der Waals surface area (Å²) in [5.41, 5.74) is 1.08. The molecule has 0 bridgehead atoms. The Kier molecular flexibility index (Phi) is 7.31. The summed E-state index contributed by atoms with van der Waals surface area (Å²) in [6.07, 6.45) is 4.86. The van der Waals surface area contributed by atoms with Gasteiger partial charge in [-0.2, -0.15) is 0 Å². The SMILES string of the molecule is CCCCCCOC(=O)c1cccc2c1OB(O)C(NC(=O)CC)C2. The maximum Gasteiger partial charge on any atom is 0.547 e. The molecule has 1 aliphatic rings.